The zero-order valence-electron chi connectivity index (χ0n) is 26.5. The van der Waals surface area contributed by atoms with E-state index in [0.717, 1.165) is 15.4 Å². The number of anilines is 1. The van der Waals surface area contributed by atoms with Crippen LogP contribution in [0.25, 0.3) is 0 Å². The third-order valence-electron chi connectivity index (χ3n) is 7.50. The van der Waals surface area contributed by atoms with E-state index in [-0.39, 0.29) is 29.7 Å². The molecule has 4 rings (SSSR count). The van der Waals surface area contributed by atoms with Gasteiger partial charge in [-0.3, -0.25) is 13.9 Å². The summed E-state index contributed by atoms with van der Waals surface area (Å²) in [7, 11) is -2.73. The summed E-state index contributed by atoms with van der Waals surface area (Å²) in [6, 6.07) is 28.5. The second-order valence-electron chi connectivity index (χ2n) is 11.5. The summed E-state index contributed by atoms with van der Waals surface area (Å²) >= 11 is 6.56. The first-order valence-electron chi connectivity index (χ1n) is 15.1. The van der Waals surface area contributed by atoms with Gasteiger partial charge in [0, 0.05) is 24.5 Å². The van der Waals surface area contributed by atoms with Crippen LogP contribution < -0.4 is 14.4 Å². The van der Waals surface area contributed by atoms with Crippen molar-refractivity contribution >= 4 is 39.1 Å². The molecule has 4 aromatic carbocycles. The first kappa shape index (κ1) is 34.5. The predicted octanol–water partition coefficient (Wildman–Crippen LogP) is 6.26. The number of carbonyl (C=O) groups excluding carboxylic acids is 2. The lowest BCUT2D eigenvalue weighted by Crippen LogP contribution is -2.53. The number of amides is 2. The molecule has 0 aliphatic carbocycles. The minimum absolute atomic E-state index is 0.00454. The first-order chi connectivity index (χ1) is 22.0. The van der Waals surface area contributed by atoms with E-state index in [0.29, 0.717) is 28.6 Å². The van der Waals surface area contributed by atoms with Crippen molar-refractivity contribution in [3.63, 3.8) is 0 Å². The lowest BCUT2D eigenvalue weighted by Gasteiger charge is -2.34. The number of hydrogen-bond donors (Lipinski definition) is 1. The minimum Gasteiger partial charge on any atom is -0.497 e. The number of rotatable bonds is 14. The van der Waals surface area contributed by atoms with Gasteiger partial charge in [-0.15, -0.1) is 0 Å². The largest absolute Gasteiger partial charge is 0.497 e. The number of hydrogen-bond acceptors (Lipinski definition) is 5. The molecular formula is C36H40ClN3O5S. The average molecular weight is 662 g/mol. The Kier molecular flexibility index (Phi) is 11.8. The van der Waals surface area contributed by atoms with E-state index in [1.54, 1.807) is 54.6 Å². The fourth-order valence-electron chi connectivity index (χ4n) is 4.90. The number of sulfonamides is 1. The van der Waals surface area contributed by atoms with Crippen LogP contribution in [0.2, 0.25) is 5.02 Å². The predicted molar refractivity (Wildman–Crippen MR) is 182 cm³/mol. The molecule has 8 nitrogen and oxygen atoms in total. The Bertz CT molecular complexity index is 1710. The Labute approximate surface area is 277 Å². The van der Waals surface area contributed by atoms with E-state index in [1.165, 1.54) is 24.1 Å². The Hall–Kier alpha value is -4.34. The maximum absolute atomic E-state index is 14.5. The molecule has 0 radical (unpaired) electrons. The van der Waals surface area contributed by atoms with Gasteiger partial charge < -0.3 is 15.0 Å². The lowest BCUT2D eigenvalue weighted by molar-refractivity contribution is -0.140. The Morgan fingerprint density at radius 2 is 1.50 bits per heavy atom. The van der Waals surface area contributed by atoms with Crippen LogP contribution in [-0.4, -0.2) is 51.4 Å². The number of nitrogens with one attached hydrogen (secondary N) is 1. The highest BCUT2D eigenvalue weighted by Gasteiger charge is 2.35. The van der Waals surface area contributed by atoms with Crippen molar-refractivity contribution in [1.29, 1.82) is 0 Å². The second-order valence-corrected chi connectivity index (χ2v) is 13.7. The number of nitrogens with zero attached hydrogens (tertiary/aromatic N) is 2. The highest BCUT2D eigenvalue weighted by Crippen LogP contribution is 2.27. The van der Waals surface area contributed by atoms with Crippen LogP contribution >= 0.6 is 11.6 Å². The number of carbonyl (C=O) groups is 2. The summed E-state index contributed by atoms with van der Waals surface area (Å²) in [4.78, 5) is 29.8. The van der Waals surface area contributed by atoms with Crippen LogP contribution in [0.4, 0.5) is 5.69 Å². The third kappa shape index (κ3) is 8.89. The highest BCUT2D eigenvalue weighted by molar-refractivity contribution is 7.92. The van der Waals surface area contributed by atoms with Crippen molar-refractivity contribution in [2.45, 2.75) is 44.7 Å². The minimum atomic E-state index is -4.22. The molecule has 0 bridgehead atoms. The molecule has 0 aromatic heterocycles. The summed E-state index contributed by atoms with van der Waals surface area (Å²) < 4.78 is 34.6. The van der Waals surface area contributed by atoms with Gasteiger partial charge in [0.25, 0.3) is 10.0 Å². The van der Waals surface area contributed by atoms with Crippen LogP contribution in [0.1, 0.15) is 30.5 Å². The normalized spacial score (nSPS) is 12.0. The molecule has 1 N–H and O–H groups in total. The molecule has 10 heteroatoms. The summed E-state index contributed by atoms with van der Waals surface area (Å²) in [5.74, 6) is -0.212. The molecule has 2 amide bonds. The van der Waals surface area contributed by atoms with Crippen LogP contribution in [0.5, 0.6) is 5.75 Å². The molecule has 242 valence electrons. The summed E-state index contributed by atoms with van der Waals surface area (Å²) in [5.41, 5.74) is 2.73. The van der Waals surface area contributed by atoms with Gasteiger partial charge in [0.15, 0.2) is 0 Å². The maximum atomic E-state index is 14.5. The summed E-state index contributed by atoms with van der Waals surface area (Å²) in [6.07, 6.45) is 0.219. The Morgan fingerprint density at radius 1 is 0.870 bits per heavy atom. The average Bonchev–Trinajstić information content (AvgIpc) is 3.05. The summed E-state index contributed by atoms with van der Waals surface area (Å²) in [5, 5.41) is 3.42. The lowest BCUT2D eigenvalue weighted by atomic mass is 10.0. The fraction of sp³-hybridized carbons (Fsp3) is 0.278. The number of ether oxygens (including phenoxy) is 1. The van der Waals surface area contributed by atoms with Crippen molar-refractivity contribution in [2.24, 2.45) is 5.92 Å². The van der Waals surface area contributed by atoms with Crippen LogP contribution in [-0.2, 0) is 32.6 Å². The monoisotopic (exact) mass is 661 g/mol. The van der Waals surface area contributed by atoms with Crippen molar-refractivity contribution in [1.82, 2.24) is 10.2 Å². The molecule has 4 aromatic rings. The van der Waals surface area contributed by atoms with E-state index in [4.69, 9.17) is 16.3 Å². The number of aryl methyl sites for hydroxylation is 1. The molecule has 0 unspecified atom stereocenters. The molecule has 1 atom stereocenters. The molecular weight excluding hydrogens is 622 g/mol. The van der Waals surface area contributed by atoms with Crippen molar-refractivity contribution in [3.05, 3.63) is 125 Å². The first-order valence-corrected chi connectivity index (χ1v) is 16.9. The highest BCUT2D eigenvalue weighted by atomic mass is 35.5. The Balaban J connectivity index is 1.80. The summed E-state index contributed by atoms with van der Waals surface area (Å²) in [6.45, 7) is 5.73. The van der Waals surface area contributed by atoms with Crippen LogP contribution in [0.3, 0.4) is 0 Å². The van der Waals surface area contributed by atoms with Crippen molar-refractivity contribution < 1.29 is 22.7 Å². The second kappa shape index (κ2) is 15.8. The van der Waals surface area contributed by atoms with Gasteiger partial charge in [-0.05, 0) is 66.4 Å². The molecule has 0 saturated heterocycles. The van der Waals surface area contributed by atoms with Crippen LogP contribution in [0, 0.1) is 12.8 Å². The number of halogens is 1. The topological polar surface area (TPSA) is 96.0 Å². The van der Waals surface area contributed by atoms with Gasteiger partial charge in [0.2, 0.25) is 11.8 Å². The van der Waals surface area contributed by atoms with Gasteiger partial charge in [0.05, 0.1) is 17.7 Å². The number of benzene rings is 4. The maximum Gasteiger partial charge on any atom is 0.264 e. The SMILES string of the molecule is COc1ccc(S(=O)(=O)N(CC(=O)N(Cc2ccccc2Cl)[C@@H](Cc2ccccc2)C(=O)NCC(C)C)c2ccc(C)cc2)cc1. The standard InChI is InChI=1S/C36H40ClN3O5S/c1-26(2)23-38-36(42)34(22-28-10-6-5-7-11-28)39(24-29-12-8-9-13-33(29)37)35(41)25-40(30-16-14-27(3)15-17-30)46(43,44)32-20-18-31(45-4)19-21-32/h5-21,26,34H,22-25H2,1-4H3,(H,38,42)/t34-/m0/s1. The van der Waals surface area contributed by atoms with Gasteiger partial charge in [-0.1, -0.05) is 91.7 Å². The number of methoxy groups -OCH3 is 1. The Morgan fingerprint density at radius 3 is 2.11 bits per heavy atom. The third-order valence-corrected chi connectivity index (χ3v) is 9.66. The van der Waals surface area contributed by atoms with Crippen molar-refractivity contribution in [2.75, 3.05) is 24.5 Å². The van der Waals surface area contributed by atoms with Gasteiger partial charge in [-0.25, -0.2) is 8.42 Å². The fourth-order valence-corrected chi connectivity index (χ4v) is 6.51. The van der Waals surface area contributed by atoms with E-state index in [9.17, 15) is 18.0 Å². The van der Waals surface area contributed by atoms with Gasteiger partial charge in [-0.2, -0.15) is 0 Å². The smallest absolute Gasteiger partial charge is 0.264 e. The zero-order valence-corrected chi connectivity index (χ0v) is 28.1. The van der Waals surface area contributed by atoms with E-state index >= 15 is 0 Å². The van der Waals surface area contributed by atoms with Crippen molar-refractivity contribution in [3.8, 4) is 5.75 Å². The molecule has 0 aliphatic heterocycles. The molecule has 0 aliphatic rings. The van der Waals surface area contributed by atoms with E-state index < -0.39 is 28.5 Å². The molecule has 0 spiro atoms. The molecule has 46 heavy (non-hydrogen) atoms. The van der Waals surface area contributed by atoms with Gasteiger partial charge >= 0.3 is 0 Å². The molecule has 0 saturated carbocycles. The van der Waals surface area contributed by atoms with E-state index in [1.807, 2.05) is 57.2 Å². The quantitative estimate of drug-likeness (QED) is 0.172. The molecule has 0 heterocycles. The van der Waals surface area contributed by atoms with E-state index in [2.05, 4.69) is 5.32 Å². The van der Waals surface area contributed by atoms with Crippen LogP contribution in [0.15, 0.2) is 108 Å². The zero-order chi connectivity index (χ0) is 33.3. The van der Waals surface area contributed by atoms with Gasteiger partial charge in [0.1, 0.15) is 18.3 Å². The molecule has 0 fully saturated rings.